The fourth-order valence-corrected chi connectivity index (χ4v) is 2.18. The lowest BCUT2D eigenvalue weighted by molar-refractivity contribution is 0.0223. The van der Waals surface area contributed by atoms with Gasteiger partial charge < -0.3 is 0 Å². The molecule has 1 fully saturated rings. The molecule has 1 aliphatic rings. The zero-order chi connectivity index (χ0) is 13.1. The van der Waals surface area contributed by atoms with Crippen molar-refractivity contribution in [2.75, 3.05) is 16.7 Å². The quantitative estimate of drug-likeness (QED) is 0.856. The molecule has 2 aromatic rings. The molecule has 1 aliphatic heterocycles. The Labute approximate surface area is 112 Å². The maximum Gasteiger partial charge on any atom is 0.182 e. The summed E-state index contributed by atoms with van der Waals surface area (Å²) in [6, 6.07) is 19.3. The lowest BCUT2D eigenvalue weighted by Crippen LogP contribution is -2.33. The third kappa shape index (κ3) is 2.54. The number of anilines is 2. The van der Waals surface area contributed by atoms with Crippen molar-refractivity contribution in [3.8, 4) is 0 Å². The monoisotopic (exact) mass is 256 g/mol. The molecule has 4 heteroatoms. The average molecular weight is 256 g/mol. The summed E-state index contributed by atoms with van der Waals surface area (Å²) in [7, 11) is 0. The van der Waals surface area contributed by atoms with Crippen LogP contribution in [0.1, 0.15) is 6.42 Å². The lowest BCUT2D eigenvalue weighted by atomic mass is 10.3. The van der Waals surface area contributed by atoms with Gasteiger partial charge in [0.25, 0.3) is 0 Å². The predicted octanol–water partition coefficient (Wildman–Crippen LogP) is 3.05. The fraction of sp³-hybridized carbons (Fsp3) is 0.200. The van der Waals surface area contributed by atoms with E-state index in [1.165, 1.54) is 5.06 Å². The molecule has 0 spiro atoms. The van der Waals surface area contributed by atoms with Gasteiger partial charge in [-0.3, -0.25) is 10.3 Å². The molecule has 1 saturated heterocycles. The van der Waals surface area contributed by atoms with Crippen LogP contribution in [0.3, 0.4) is 0 Å². The summed E-state index contributed by atoms with van der Waals surface area (Å²) in [6.45, 7) is 0.762. The number of rotatable bonds is 3. The van der Waals surface area contributed by atoms with Crippen molar-refractivity contribution in [1.82, 2.24) is 0 Å². The topological polar surface area (TPSA) is 35.9 Å². The Kier molecular flexibility index (Phi) is 3.35. The zero-order valence-electron chi connectivity index (χ0n) is 10.5. The molecule has 0 radical (unpaired) electrons. The first-order valence-corrected chi connectivity index (χ1v) is 6.37. The van der Waals surface area contributed by atoms with Gasteiger partial charge in [0.05, 0.1) is 17.9 Å². The highest BCUT2D eigenvalue weighted by atomic mass is 16.7. The van der Waals surface area contributed by atoms with Gasteiger partial charge >= 0.3 is 0 Å². The Morgan fingerprint density at radius 1 is 1.00 bits per heavy atom. The van der Waals surface area contributed by atoms with Crippen LogP contribution in [-0.2, 0) is 4.84 Å². The highest BCUT2D eigenvalue weighted by Gasteiger charge is 2.28. The predicted molar refractivity (Wildman–Crippen MR) is 74.0 cm³/mol. The molecule has 19 heavy (non-hydrogen) atoms. The molecule has 3 rings (SSSR count). The first-order valence-electron chi connectivity index (χ1n) is 6.37. The Morgan fingerprint density at radius 2 is 1.63 bits per heavy atom. The number of benzene rings is 2. The van der Waals surface area contributed by atoms with E-state index >= 15 is 0 Å². The summed E-state index contributed by atoms with van der Waals surface area (Å²) in [5, 5.41) is 13.2. The minimum Gasteiger partial charge on any atom is -0.286 e. The van der Waals surface area contributed by atoms with E-state index in [0.29, 0.717) is 0 Å². The fourth-order valence-electron chi connectivity index (χ4n) is 2.18. The smallest absolute Gasteiger partial charge is 0.182 e. The number of nitrogens with zero attached hydrogens (tertiary/aromatic N) is 2. The molecular formula is C15H16N2O2. The van der Waals surface area contributed by atoms with Crippen LogP contribution in [0.2, 0.25) is 0 Å². The lowest BCUT2D eigenvalue weighted by Gasteiger charge is -2.24. The van der Waals surface area contributed by atoms with Crippen molar-refractivity contribution < 1.29 is 10.0 Å². The summed E-state index contributed by atoms with van der Waals surface area (Å²) in [5.41, 5.74) is 1.74. The summed E-state index contributed by atoms with van der Waals surface area (Å²) < 4.78 is 0. The van der Waals surface area contributed by atoms with E-state index in [0.717, 1.165) is 24.3 Å². The second-order valence-electron chi connectivity index (χ2n) is 4.47. The Balaban J connectivity index is 1.69. The molecule has 0 bridgehead atoms. The van der Waals surface area contributed by atoms with Crippen molar-refractivity contribution in [2.45, 2.75) is 12.6 Å². The van der Waals surface area contributed by atoms with Gasteiger partial charge in [-0.1, -0.05) is 36.4 Å². The van der Waals surface area contributed by atoms with Gasteiger partial charge in [-0.2, -0.15) is 0 Å². The molecule has 1 N–H and O–H groups in total. The first kappa shape index (κ1) is 12.0. The summed E-state index contributed by atoms with van der Waals surface area (Å²) in [5.74, 6) is 0. The van der Waals surface area contributed by atoms with E-state index in [9.17, 15) is 5.21 Å². The Hall–Kier alpha value is -2.04. The van der Waals surface area contributed by atoms with E-state index < -0.39 is 0 Å². The number of para-hydroxylation sites is 2. The molecule has 0 amide bonds. The van der Waals surface area contributed by atoms with E-state index in [-0.39, 0.29) is 6.23 Å². The Morgan fingerprint density at radius 3 is 2.32 bits per heavy atom. The Bertz CT molecular complexity index is 518. The van der Waals surface area contributed by atoms with Crippen molar-refractivity contribution in [3.63, 3.8) is 0 Å². The maximum absolute atomic E-state index is 10.2. The van der Waals surface area contributed by atoms with Crippen molar-refractivity contribution in [2.24, 2.45) is 0 Å². The van der Waals surface area contributed by atoms with E-state index in [1.54, 1.807) is 0 Å². The molecule has 0 aliphatic carbocycles. The van der Waals surface area contributed by atoms with Crippen LogP contribution in [0, 0.1) is 0 Å². The van der Waals surface area contributed by atoms with Gasteiger partial charge in [-0.25, -0.2) is 9.90 Å². The minimum atomic E-state index is -0.345. The third-order valence-electron chi connectivity index (χ3n) is 3.17. The van der Waals surface area contributed by atoms with Crippen LogP contribution >= 0.6 is 0 Å². The molecule has 1 unspecified atom stereocenters. The largest absolute Gasteiger partial charge is 0.286 e. The van der Waals surface area contributed by atoms with Crippen LogP contribution in [0.4, 0.5) is 11.4 Å². The molecule has 4 nitrogen and oxygen atoms in total. The van der Waals surface area contributed by atoms with Crippen LogP contribution in [0.5, 0.6) is 0 Å². The van der Waals surface area contributed by atoms with Gasteiger partial charge in [-0.05, 0) is 24.3 Å². The number of hydrogen-bond donors (Lipinski definition) is 1. The maximum atomic E-state index is 10.2. The minimum absolute atomic E-state index is 0.345. The van der Waals surface area contributed by atoms with Crippen LogP contribution in [-0.4, -0.2) is 18.0 Å². The van der Waals surface area contributed by atoms with Crippen LogP contribution in [0.25, 0.3) is 0 Å². The number of hydroxylamine groups is 2. The van der Waals surface area contributed by atoms with E-state index in [4.69, 9.17) is 4.84 Å². The first-order chi connectivity index (χ1) is 9.34. The zero-order valence-corrected chi connectivity index (χ0v) is 10.5. The van der Waals surface area contributed by atoms with Crippen LogP contribution in [0.15, 0.2) is 60.7 Å². The highest BCUT2D eigenvalue weighted by Crippen LogP contribution is 2.26. The van der Waals surface area contributed by atoms with Gasteiger partial charge in [0.15, 0.2) is 6.23 Å². The summed E-state index contributed by atoms with van der Waals surface area (Å²) in [6.07, 6.45) is 0.405. The standard InChI is InChI=1S/C15H16N2O2/c18-17(14-9-5-2-6-10-14)15-11-12-16(19-15)13-7-3-1-4-8-13/h1-10,15,18H,11-12H2. The number of hydrogen-bond acceptors (Lipinski definition) is 4. The van der Waals surface area contributed by atoms with E-state index in [2.05, 4.69) is 0 Å². The molecule has 0 aromatic heterocycles. The average Bonchev–Trinajstić information content (AvgIpc) is 2.98. The molecule has 1 heterocycles. The van der Waals surface area contributed by atoms with Gasteiger partial charge in [0, 0.05) is 6.42 Å². The van der Waals surface area contributed by atoms with Crippen LogP contribution < -0.4 is 10.1 Å². The van der Waals surface area contributed by atoms with Gasteiger partial charge in [0.2, 0.25) is 0 Å². The van der Waals surface area contributed by atoms with Crippen molar-refractivity contribution in [3.05, 3.63) is 60.7 Å². The summed E-state index contributed by atoms with van der Waals surface area (Å²) >= 11 is 0. The second-order valence-corrected chi connectivity index (χ2v) is 4.47. The molecule has 2 aromatic carbocycles. The second kappa shape index (κ2) is 5.30. The third-order valence-corrected chi connectivity index (χ3v) is 3.17. The molecule has 0 saturated carbocycles. The molecule has 1 atom stereocenters. The van der Waals surface area contributed by atoms with Gasteiger partial charge in [-0.15, -0.1) is 0 Å². The van der Waals surface area contributed by atoms with E-state index in [1.807, 2.05) is 65.7 Å². The highest BCUT2D eigenvalue weighted by molar-refractivity contribution is 5.46. The normalized spacial score (nSPS) is 18.6. The van der Waals surface area contributed by atoms with Crippen molar-refractivity contribution >= 4 is 11.4 Å². The van der Waals surface area contributed by atoms with Gasteiger partial charge in [0.1, 0.15) is 0 Å². The molecule has 98 valence electrons. The summed E-state index contributed by atoms with van der Waals surface area (Å²) in [4.78, 5) is 5.77. The SMILES string of the molecule is ON(c1ccccc1)C1CCN(c2ccccc2)O1. The molecular weight excluding hydrogens is 240 g/mol. The van der Waals surface area contributed by atoms with Crippen molar-refractivity contribution in [1.29, 1.82) is 0 Å².